The molecule has 0 saturated heterocycles. The number of nitrogens with zero attached hydrogens (tertiary/aromatic N) is 2. The summed E-state index contributed by atoms with van der Waals surface area (Å²) in [6.45, 7) is 2.06. The highest BCUT2D eigenvalue weighted by molar-refractivity contribution is 9.10. The molecule has 1 heterocycles. The van der Waals surface area contributed by atoms with Crippen LogP contribution >= 0.6 is 15.9 Å². The monoisotopic (exact) mass is 265 g/mol. The van der Waals surface area contributed by atoms with Gasteiger partial charge in [-0.1, -0.05) is 29.8 Å². The summed E-state index contributed by atoms with van der Waals surface area (Å²) in [5, 5.41) is 0. The fourth-order valence-electron chi connectivity index (χ4n) is 1.39. The van der Waals surface area contributed by atoms with E-state index >= 15 is 0 Å². The minimum Gasteiger partial charge on any atom is -0.369 e. The number of hydrogen-bond donors (Lipinski definition) is 1. The van der Waals surface area contributed by atoms with Crippen LogP contribution in [0.15, 0.2) is 28.9 Å². The first-order valence-electron chi connectivity index (χ1n) is 4.64. The van der Waals surface area contributed by atoms with E-state index in [1.165, 1.54) is 5.56 Å². The molecule has 0 aliphatic heterocycles. The van der Waals surface area contributed by atoms with Gasteiger partial charge in [0.15, 0.2) is 0 Å². The van der Waals surface area contributed by atoms with Crippen LogP contribution in [-0.4, -0.2) is 9.55 Å². The summed E-state index contributed by atoms with van der Waals surface area (Å²) in [6.07, 6.45) is 0. The summed E-state index contributed by atoms with van der Waals surface area (Å²) in [7, 11) is 1.88. The largest absolute Gasteiger partial charge is 0.369 e. The predicted molar refractivity (Wildman–Crippen MR) is 65.5 cm³/mol. The number of hydrogen-bond acceptors (Lipinski definition) is 2. The lowest BCUT2D eigenvalue weighted by Gasteiger charge is -1.99. The molecule has 0 atom stereocenters. The molecule has 1 aromatic carbocycles. The number of anilines is 1. The van der Waals surface area contributed by atoms with Crippen molar-refractivity contribution in [2.24, 2.45) is 7.05 Å². The minimum atomic E-state index is 0.512. The Morgan fingerprint density at radius 2 is 1.87 bits per heavy atom. The highest BCUT2D eigenvalue weighted by Crippen LogP contribution is 2.28. The van der Waals surface area contributed by atoms with E-state index in [2.05, 4.69) is 40.0 Å². The van der Waals surface area contributed by atoms with Crippen molar-refractivity contribution in [2.45, 2.75) is 6.92 Å². The van der Waals surface area contributed by atoms with Crippen LogP contribution in [0.25, 0.3) is 11.3 Å². The third kappa shape index (κ3) is 1.77. The Labute approximate surface area is 97.1 Å². The Morgan fingerprint density at radius 3 is 2.33 bits per heavy atom. The first-order valence-corrected chi connectivity index (χ1v) is 5.43. The summed E-state index contributed by atoms with van der Waals surface area (Å²) >= 11 is 3.48. The van der Waals surface area contributed by atoms with Crippen LogP contribution in [0.5, 0.6) is 0 Å². The summed E-state index contributed by atoms with van der Waals surface area (Å²) in [5.41, 5.74) is 8.92. The molecule has 2 aromatic rings. The summed E-state index contributed by atoms with van der Waals surface area (Å²) in [5.74, 6) is 0.512. The Bertz CT molecular complexity index is 485. The maximum Gasteiger partial charge on any atom is 0.201 e. The van der Waals surface area contributed by atoms with Gasteiger partial charge in [-0.3, -0.25) is 0 Å². The molecule has 0 unspecified atom stereocenters. The summed E-state index contributed by atoms with van der Waals surface area (Å²) in [6, 6.07) is 8.21. The minimum absolute atomic E-state index is 0.512. The van der Waals surface area contributed by atoms with Crippen molar-refractivity contribution in [3.8, 4) is 11.3 Å². The number of benzene rings is 1. The quantitative estimate of drug-likeness (QED) is 0.862. The van der Waals surface area contributed by atoms with Crippen molar-refractivity contribution < 1.29 is 0 Å². The molecule has 0 spiro atoms. The molecule has 15 heavy (non-hydrogen) atoms. The summed E-state index contributed by atoms with van der Waals surface area (Å²) in [4.78, 5) is 4.30. The number of halogens is 1. The third-order valence-corrected chi connectivity index (χ3v) is 3.29. The molecule has 0 radical (unpaired) electrons. The zero-order valence-electron chi connectivity index (χ0n) is 8.66. The lowest BCUT2D eigenvalue weighted by atomic mass is 10.1. The van der Waals surface area contributed by atoms with Crippen LogP contribution < -0.4 is 5.73 Å². The molecular formula is C11H12BrN3. The Morgan fingerprint density at radius 1 is 1.27 bits per heavy atom. The van der Waals surface area contributed by atoms with Gasteiger partial charge in [-0.15, -0.1) is 0 Å². The van der Waals surface area contributed by atoms with Gasteiger partial charge < -0.3 is 10.3 Å². The molecule has 0 saturated carbocycles. The van der Waals surface area contributed by atoms with Crippen molar-refractivity contribution in [3.63, 3.8) is 0 Å². The Kier molecular flexibility index (Phi) is 2.52. The lowest BCUT2D eigenvalue weighted by molar-refractivity contribution is 0.907. The number of rotatable bonds is 1. The molecule has 2 N–H and O–H groups in total. The first-order chi connectivity index (χ1) is 7.09. The Balaban J connectivity index is 2.54. The number of aryl methyl sites for hydroxylation is 1. The molecule has 0 fully saturated rings. The van der Waals surface area contributed by atoms with Crippen molar-refractivity contribution in [3.05, 3.63) is 34.4 Å². The van der Waals surface area contributed by atoms with E-state index in [1.807, 2.05) is 23.7 Å². The van der Waals surface area contributed by atoms with E-state index in [-0.39, 0.29) is 0 Å². The smallest absolute Gasteiger partial charge is 0.201 e. The van der Waals surface area contributed by atoms with Gasteiger partial charge >= 0.3 is 0 Å². The second-order valence-corrected chi connectivity index (χ2v) is 4.29. The van der Waals surface area contributed by atoms with Crippen LogP contribution in [0.4, 0.5) is 5.95 Å². The van der Waals surface area contributed by atoms with Gasteiger partial charge in [-0.25, -0.2) is 4.98 Å². The fraction of sp³-hybridized carbons (Fsp3) is 0.182. The molecule has 2 rings (SSSR count). The number of imidazole rings is 1. The maximum atomic E-state index is 5.73. The highest BCUT2D eigenvalue weighted by atomic mass is 79.9. The molecule has 0 amide bonds. The topological polar surface area (TPSA) is 43.8 Å². The molecule has 0 bridgehead atoms. The highest BCUT2D eigenvalue weighted by Gasteiger charge is 2.11. The molecule has 0 aliphatic carbocycles. The van der Waals surface area contributed by atoms with Gasteiger partial charge in [0.2, 0.25) is 5.95 Å². The Hall–Kier alpha value is -1.29. The van der Waals surface area contributed by atoms with Gasteiger partial charge in [-0.05, 0) is 22.9 Å². The van der Waals surface area contributed by atoms with Crippen LogP contribution in [0, 0.1) is 6.92 Å². The van der Waals surface area contributed by atoms with E-state index in [1.54, 1.807) is 0 Å². The van der Waals surface area contributed by atoms with E-state index in [4.69, 9.17) is 5.73 Å². The fourth-order valence-corrected chi connectivity index (χ4v) is 1.89. The average Bonchev–Trinajstić information content (AvgIpc) is 2.47. The SMILES string of the molecule is Cc1ccc(-c2nc(N)n(C)c2Br)cc1. The van der Waals surface area contributed by atoms with Crippen molar-refractivity contribution in [1.29, 1.82) is 0 Å². The van der Waals surface area contributed by atoms with E-state index in [0.717, 1.165) is 15.9 Å². The second-order valence-electron chi connectivity index (χ2n) is 3.53. The zero-order chi connectivity index (χ0) is 11.0. The number of aromatic nitrogens is 2. The second kappa shape index (κ2) is 3.70. The molecule has 1 aromatic heterocycles. The molecule has 78 valence electrons. The third-order valence-electron chi connectivity index (χ3n) is 2.38. The van der Waals surface area contributed by atoms with Gasteiger partial charge in [0.1, 0.15) is 10.3 Å². The van der Waals surface area contributed by atoms with Crippen molar-refractivity contribution in [2.75, 3.05) is 5.73 Å². The number of nitrogens with two attached hydrogens (primary N) is 1. The lowest BCUT2D eigenvalue weighted by Crippen LogP contribution is -1.96. The summed E-state index contributed by atoms with van der Waals surface area (Å²) < 4.78 is 2.72. The van der Waals surface area contributed by atoms with Crippen molar-refractivity contribution in [1.82, 2.24) is 9.55 Å². The number of nitrogen functional groups attached to an aromatic ring is 1. The normalized spacial score (nSPS) is 10.6. The standard InChI is InChI=1S/C11H12BrN3/c1-7-3-5-8(6-4-7)9-10(12)15(2)11(13)14-9/h3-6H,1-2H3,(H2,13,14). The van der Waals surface area contributed by atoms with Gasteiger partial charge in [0.05, 0.1) is 0 Å². The van der Waals surface area contributed by atoms with E-state index in [0.29, 0.717) is 5.95 Å². The van der Waals surface area contributed by atoms with Gasteiger partial charge in [0.25, 0.3) is 0 Å². The van der Waals surface area contributed by atoms with Crippen LogP contribution in [0.3, 0.4) is 0 Å². The molecule has 4 heteroatoms. The molecule has 0 aliphatic rings. The van der Waals surface area contributed by atoms with Crippen LogP contribution in [0.2, 0.25) is 0 Å². The van der Waals surface area contributed by atoms with Gasteiger partial charge in [0, 0.05) is 12.6 Å². The van der Waals surface area contributed by atoms with Crippen molar-refractivity contribution >= 4 is 21.9 Å². The van der Waals surface area contributed by atoms with Crippen LogP contribution in [-0.2, 0) is 7.05 Å². The van der Waals surface area contributed by atoms with Gasteiger partial charge in [-0.2, -0.15) is 0 Å². The van der Waals surface area contributed by atoms with E-state index < -0.39 is 0 Å². The molecular weight excluding hydrogens is 254 g/mol. The predicted octanol–water partition coefficient (Wildman–Crippen LogP) is 2.74. The van der Waals surface area contributed by atoms with E-state index in [9.17, 15) is 0 Å². The zero-order valence-corrected chi connectivity index (χ0v) is 10.2. The molecule has 3 nitrogen and oxygen atoms in total. The first kappa shape index (κ1) is 10.2. The average molecular weight is 266 g/mol. The maximum absolute atomic E-state index is 5.73. The van der Waals surface area contributed by atoms with Crippen LogP contribution in [0.1, 0.15) is 5.56 Å².